The summed E-state index contributed by atoms with van der Waals surface area (Å²) in [4.78, 5) is 7.07. The van der Waals surface area contributed by atoms with Crippen molar-refractivity contribution in [1.29, 1.82) is 0 Å². The van der Waals surface area contributed by atoms with Crippen molar-refractivity contribution < 1.29 is 9.47 Å². The fourth-order valence-electron chi connectivity index (χ4n) is 2.96. The lowest BCUT2D eigenvalue weighted by atomic mass is 10.1. The Morgan fingerprint density at radius 3 is 2.87 bits per heavy atom. The summed E-state index contributed by atoms with van der Waals surface area (Å²) < 4.78 is 10.7. The SMILES string of the molecule is COc1ccc2c(NCCCN3CCOCC3)cc(C)nc2c1. The van der Waals surface area contributed by atoms with Crippen LogP contribution in [0.25, 0.3) is 10.9 Å². The number of morpholine rings is 1. The minimum atomic E-state index is 0.842. The quantitative estimate of drug-likeness (QED) is 0.831. The van der Waals surface area contributed by atoms with Crippen LogP contribution >= 0.6 is 0 Å². The molecule has 5 nitrogen and oxygen atoms in total. The molecule has 3 rings (SSSR count). The summed E-state index contributed by atoms with van der Waals surface area (Å²) in [6.45, 7) is 7.94. The van der Waals surface area contributed by atoms with Gasteiger partial charge in [-0.15, -0.1) is 0 Å². The van der Waals surface area contributed by atoms with E-state index in [2.05, 4.69) is 27.3 Å². The van der Waals surface area contributed by atoms with Crippen LogP contribution in [0.3, 0.4) is 0 Å². The average molecular weight is 315 g/mol. The first-order valence-electron chi connectivity index (χ1n) is 8.25. The highest BCUT2D eigenvalue weighted by atomic mass is 16.5. The van der Waals surface area contributed by atoms with Crippen molar-refractivity contribution >= 4 is 16.6 Å². The molecule has 0 amide bonds. The molecule has 1 N–H and O–H groups in total. The topological polar surface area (TPSA) is 46.6 Å². The first-order valence-corrected chi connectivity index (χ1v) is 8.25. The van der Waals surface area contributed by atoms with Gasteiger partial charge in [0.25, 0.3) is 0 Å². The van der Waals surface area contributed by atoms with Crippen LogP contribution in [0.5, 0.6) is 5.75 Å². The second-order valence-corrected chi connectivity index (χ2v) is 5.93. The van der Waals surface area contributed by atoms with Gasteiger partial charge in [-0.05, 0) is 38.1 Å². The molecular weight excluding hydrogens is 290 g/mol. The summed E-state index contributed by atoms with van der Waals surface area (Å²) in [6, 6.07) is 8.16. The lowest BCUT2D eigenvalue weighted by Crippen LogP contribution is -2.37. The molecule has 2 aromatic rings. The molecule has 5 heteroatoms. The van der Waals surface area contributed by atoms with Gasteiger partial charge in [0.2, 0.25) is 0 Å². The Bertz CT molecular complexity index is 654. The van der Waals surface area contributed by atoms with E-state index in [1.54, 1.807) is 7.11 Å². The molecule has 0 spiro atoms. The van der Waals surface area contributed by atoms with Gasteiger partial charge >= 0.3 is 0 Å². The second-order valence-electron chi connectivity index (χ2n) is 5.93. The van der Waals surface area contributed by atoms with Crippen molar-refractivity contribution in [3.63, 3.8) is 0 Å². The van der Waals surface area contributed by atoms with Crippen LogP contribution in [0.1, 0.15) is 12.1 Å². The van der Waals surface area contributed by atoms with Crippen molar-refractivity contribution in [1.82, 2.24) is 9.88 Å². The number of anilines is 1. The smallest absolute Gasteiger partial charge is 0.121 e. The maximum absolute atomic E-state index is 5.38. The predicted molar refractivity (Wildman–Crippen MR) is 93.4 cm³/mol. The zero-order chi connectivity index (χ0) is 16.1. The molecule has 1 aliphatic heterocycles. The molecule has 2 heterocycles. The average Bonchev–Trinajstić information content (AvgIpc) is 2.58. The minimum absolute atomic E-state index is 0.842. The van der Waals surface area contributed by atoms with E-state index < -0.39 is 0 Å². The Kier molecular flexibility index (Phi) is 5.31. The number of hydrogen-bond donors (Lipinski definition) is 1. The Balaban J connectivity index is 1.62. The predicted octanol–water partition coefficient (Wildman–Crippen LogP) is 2.69. The summed E-state index contributed by atoms with van der Waals surface area (Å²) in [5, 5.41) is 4.71. The number of ether oxygens (including phenoxy) is 2. The molecule has 1 aromatic heterocycles. The Morgan fingerprint density at radius 2 is 2.09 bits per heavy atom. The molecule has 0 radical (unpaired) electrons. The molecule has 0 saturated carbocycles. The molecule has 1 aliphatic rings. The molecule has 0 atom stereocenters. The van der Waals surface area contributed by atoms with Gasteiger partial charge in [-0.2, -0.15) is 0 Å². The number of hydrogen-bond acceptors (Lipinski definition) is 5. The van der Waals surface area contributed by atoms with Gasteiger partial charge in [-0.25, -0.2) is 0 Å². The van der Waals surface area contributed by atoms with Gasteiger partial charge in [0.05, 0.1) is 25.8 Å². The van der Waals surface area contributed by atoms with Crippen LogP contribution in [0.4, 0.5) is 5.69 Å². The minimum Gasteiger partial charge on any atom is -0.497 e. The summed E-state index contributed by atoms with van der Waals surface area (Å²) in [6.07, 6.45) is 1.12. The van der Waals surface area contributed by atoms with Crippen molar-refractivity contribution in [3.8, 4) is 5.75 Å². The van der Waals surface area contributed by atoms with E-state index in [-0.39, 0.29) is 0 Å². The Labute approximate surface area is 137 Å². The van der Waals surface area contributed by atoms with Gasteiger partial charge in [0.15, 0.2) is 0 Å². The molecule has 1 aromatic carbocycles. The molecule has 1 saturated heterocycles. The van der Waals surface area contributed by atoms with Crippen molar-refractivity contribution in [2.24, 2.45) is 0 Å². The van der Waals surface area contributed by atoms with Crippen LogP contribution < -0.4 is 10.1 Å². The zero-order valence-electron chi connectivity index (χ0n) is 14.0. The van der Waals surface area contributed by atoms with Gasteiger partial charge in [-0.1, -0.05) is 0 Å². The van der Waals surface area contributed by atoms with Crippen molar-refractivity contribution in [2.45, 2.75) is 13.3 Å². The van der Waals surface area contributed by atoms with E-state index in [1.165, 1.54) is 0 Å². The molecule has 1 fully saturated rings. The van der Waals surface area contributed by atoms with Crippen LogP contribution in [-0.2, 0) is 4.74 Å². The van der Waals surface area contributed by atoms with E-state index in [1.807, 2.05) is 19.1 Å². The molecular formula is C18H25N3O2. The van der Waals surface area contributed by atoms with E-state index >= 15 is 0 Å². The maximum atomic E-state index is 5.38. The highest BCUT2D eigenvalue weighted by Crippen LogP contribution is 2.26. The lowest BCUT2D eigenvalue weighted by molar-refractivity contribution is 0.0378. The van der Waals surface area contributed by atoms with E-state index in [0.717, 1.165) is 73.8 Å². The number of fused-ring (bicyclic) bond motifs is 1. The van der Waals surface area contributed by atoms with Gasteiger partial charge in [0, 0.05) is 42.5 Å². The molecule has 0 bridgehead atoms. The van der Waals surface area contributed by atoms with E-state index in [9.17, 15) is 0 Å². The van der Waals surface area contributed by atoms with Crippen LogP contribution in [0, 0.1) is 6.92 Å². The highest BCUT2D eigenvalue weighted by Gasteiger charge is 2.10. The first kappa shape index (κ1) is 16.0. The standard InChI is InChI=1S/C18H25N3O2/c1-14-12-17(16-5-4-15(22-2)13-18(16)20-14)19-6-3-7-21-8-10-23-11-9-21/h4-5,12-13H,3,6-11H2,1-2H3,(H,19,20). The number of nitrogens with zero attached hydrogens (tertiary/aromatic N) is 2. The fourth-order valence-corrected chi connectivity index (χ4v) is 2.96. The van der Waals surface area contributed by atoms with Gasteiger partial charge in [0.1, 0.15) is 5.75 Å². The number of benzene rings is 1. The lowest BCUT2D eigenvalue weighted by Gasteiger charge is -2.26. The summed E-state index contributed by atoms with van der Waals surface area (Å²) in [5.74, 6) is 0.842. The molecule has 0 aliphatic carbocycles. The van der Waals surface area contributed by atoms with E-state index in [4.69, 9.17) is 9.47 Å². The number of aromatic nitrogens is 1. The number of aryl methyl sites for hydroxylation is 1. The maximum Gasteiger partial charge on any atom is 0.121 e. The van der Waals surface area contributed by atoms with E-state index in [0.29, 0.717) is 0 Å². The summed E-state index contributed by atoms with van der Waals surface area (Å²) >= 11 is 0. The van der Waals surface area contributed by atoms with Crippen LogP contribution in [0.2, 0.25) is 0 Å². The first-order chi connectivity index (χ1) is 11.3. The van der Waals surface area contributed by atoms with Gasteiger partial charge < -0.3 is 14.8 Å². The van der Waals surface area contributed by atoms with Crippen molar-refractivity contribution in [2.75, 3.05) is 51.8 Å². The largest absolute Gasteiger partial charge is 0.497 e. The van der Waals surface area contributed by atoms with Crippen molar-refractivity contribution in [3.05, 3.63) is 30.0 Å². The summed E-state index contributed by atoms with van der Waals surface area (Å²) in [5.41, 5.74) is 3.14. The number of nitrogens with one attached hydrogen (secondary N) is 1. The Hall–Kier alpha value is -1.85. The third kappa shape index (κ3) is 4.12. The fraction of sp³-hybridized carbons (Fsp3) is 0.500. The third-order valence-corrected chi connectivity index (χ3v) is 4.22. The van der Waals surface area contributed by atoms with Crippen LogP contribution in [-0.4, -0.2) is 56.4 Å². The third-order valence-electron chi connectivity index (χ3n) is 4.22. The van der Waals surface area contributed by atoms with Gasteiger partial charge in [-0.3, -0.25) is 9.88 Å². The summed E-state index contributed by atoms with van der Waals surface area (Å²) in [7, 11) is 1.68. The zero-order valence-corrected chi connectivity index (χ0v) is 14.0. The Morgan fingerprint density at radius 1 is 1.26 bits per heavy atom. The second kappa shape index (κ2) is 7.62. The number of pyridine rings is 1. The van der Waals surface area contributed by atoms with Crippen LogP contribution in [0.15, 0.2) is 24.3 Å². The molecule has 0 unspecified atom stereocenters. The monoisotopic (exact) mass is 315 g/mol. The molecule has 23 heavy (non-hydrogen) atoms. The highest BCUT2D eigenvalue weighted by molar-refractivity contribution is 5.92. The molecule has 124 valence electrons. The number of rotatable bonds is 6. The number of methoxy groups -OCH3 is 1. The normalized spacial score (nSPS) is 15.7.